The number of nitrogens with one attached hydrogen (secondary N) is 1. The number of sulfonamides is 1. The van der Waals surface area contributed by atoms with Crippen molar-refractivity contribution in [2.75, 3.05) is 14.1 Å². The van der Waals surface area contributed by atoms with Gasteiger partial charge in [0.15, 0.2) is 0 Å². The summed E-state index contributed by atoms with van der Waals surface area (Å²) in [7, 11) is -0.0860. The first-order chi connectivity index (χ1) is 8.30. The van der Waals surface area contributed by atoms with E-state index in [1.165, 1.54) is 10.4 Å². The van der Waals surface area contributed by atoms with Crippen LogP contribution in [-0.2, 0) is 16.6 Å². The average molecular weight is 291 g/mol. The number of nitrogens with zero attached hydrogens (tertiary/aromatic N) is 1. The minimum atomic E-state index is -3.46. The molecule has 1 rings (SSSR count). The SMILES string of the molecule is CNCc1ccc(S(=O)(=O)N(C)C(C)C)cc1Cl. The molecule has 1 aromatic carbocycles. The van der Waals surface area contributed by atoms with E-state index in [4.69, 9.17) is 11.6 Å². The second-order valence-corrected chi connectivity index (χ2v) is 6.80. The van der Waals surface area contributed by atoms with Gasteiger partial charge in [-0.25, -0.2) is 8.42 Å². The molecule has 1 aromatic rings. The predicted octanol–water partition coefficient (Wildman–Crippen LogP) is 2.09. The topological polar surface area (TPSA) is 49.4 Å². The normalized spacial score (nSPS) is 12.4. The number of benzene rings is 1. The maximum Gasteiger partial charge on any atom is 0.243 e. The highest BCUT2D eigenvalue weighted by Crippen LogP contribution is 2.23. The molecule has 0 unspecified atom stereocenters. The van der Waals surface area contributed by atoms with Gasteiger partial charge in [0.2, 0.25) is 10.0 Å². The van der Waals surface area contributed by atoms with Crippen molar-refractivity contribution in [3.05, 3.63) is 28.8 Å². The summed E-state index contributed by atoms with van der Waals surface area (Å²) in [5, 5.41) is 3.44. The largest absolute Gasteiger partial charge is 0.316 e. The third-order valence-electron chi connectivity index (χ3n) is 2.80. The molecule has 1 N–H and O–H groups in total. The standard InChI is InChI=1S/C12H19ClN2O2S/c1-9(2)15(4)18(16,17)11-6-5-10(8-14-3)12(13)7-11/h5-7,9,14H,8H2,1-4H3. The summed E-state index contributed by atoms with van der Waals surface area (Å²) in [4.78, 5) is 0.226. The van der Waals surface area contributed by atoms with Crippen LogP contribution in [0.25, 0.3) is 0 Å². The quantitative estimate of drug-likeness (QED) is 0.903. The van der Waals surface area contributed by atoms with Gasteiger partial charge in [0.25, 0.3) is 0 Å². The zero-order chi connectivity index (χ0) is 13.9. The third-order valence-corrected chi connectivity index (χ3v) is 5.18. The first-order valence-corrected chi connectivity index (χ1v) is 7.53. The Bertz CT molecular complexity index is 515. The number of halogens is 1. The molecule has 0 aliphatic heterocycles. The van der Waals surface area contributed by atoms with E-state index < -0.39 is 10.0 Å². The van der Waals surface area contributed by atoms with Crippen LogP contribution >= 0.6 is 11.6 Å². The van der Waals surface area contributed by atoms with Crippen LogP contribution < -0.4 is 5.32 Å². The molecule has 4 nitrogen and oxygen atoms in total. The van der Waals surface area contributed by atoms with Crippen molar-refractivity contribution in [3.8, 4) is 0 Å². The molecule has 0 saturated heterocycles. The number of rotatable bonds is 5. The van der Waals surface area contributed by atoms with Gasteiger partial charge in [-0.3, -0.25) is 0 Å². The molecular formula is C12H19ClN2O2S. The lowest BCUT2D eigenvalue weighted by Gasteiger charge is -2.21. The summed E-state index contributed by atoms with van der Waals surface area (Å²) < 4.78 is 25.8. The zero-order valence-corrected chi connectivity index (χ0v) is 12.6. The minimum Gasteiger partial charge on any atom is -0.316 e. The summed E-state index contributed by atoms with van der Waals surface area (Å²) >= 11 is 6.08. The van der Waals surface area contributed by atoms with E-state index in [1.807, 2.05) is 20.9 Å². The second kappa shape index (κ2) is 6.02. The summed E-state index contributed by atoms with van der Waals surface area (Å²) in [6, 6.07) is 4.74. The molecule has 6 heteroatoms. The van der Waals surface area contributed by atoms with Crippen molar-refractivity contribution in [1.29, 1.82) is 0 Å². The summed E-state index contributed by atoms with van der Waals surface area (Å²) in [6.07, 6.45) is 0. The van der Waals surface area contributed by atoms with Crippen LogP contribution in [0.15, 0.2) is 23.1 Å². The lowest BCUT2D eigenvalue weighted by Crippen LogP contribution is -2.33. The van der Waals surface area contributed by atoms with Crippen molar-refractivity contribution in [2.45, 2.75) is 31.3 Å². The number of hydrogen-bond acceptors (Lipinski definition) is 3. The van der Waals surface area contributed by atoms with Crippen molar-refractivity contribution >= 4 is 21.6 Å². The molecule has 0 heterocycles. The summed E-state index contributed by atoms with van der Waals surface area (Å²) in [6.45, 7) is 4.27. The highest BCUT2D eigenvalue weighted by atomic mass is 35.5. The first kappa shape index (κ1) is 15.4. The Kier molecular flexibility index (Phi) is 5.16. The van der Waals surface area contributed by atoms with Crippen LogP contribution in [0.3, 0.4) is 0 Å². The zero-order valence-electron chi connectivity index (χ0n) is 11.1. The van der Waals surface area contributed by atoms with E-state index in [-0.39, 0.29) is 10.9 Å². The van der Waals surface area contributed by atoms with Gasteiger partial charge in [-0.15, -0.1) is 0 Å². The van der Waals surface area contributed by atoms with Gasteiger partial charge in [-0.1, -0.05) is 17.7 Å². The Labute approximate surface area is 114 Å². The molecule has 102 valence electrons. The van der Waals surface area contributed by atoms with Gasteiger partial charge in [-0.2, -0.15) is 4.31 Å². The maximum absolute atomic E-state index is 12.2. The summed E-state index contributed by atoms with van der Waals surface area (Å²) in [5.41, 5.74) is 0.880. The predicted molar refractivity (Wildman–Crippen MR) is 74.3 cm³/mol. The Hall–Kier alpha value is -0.620. The lowest BCUT2D eigenvalue weighted by molar-refractivity contribution is 0.410. The van der Waals surface area contributed by atoms with Crippen molar-refractivity contribution in [2.24, 2.45) is 0 Å². The van der Waals surface area contributed by atoms with E-state index in [0.717, 1.165) is 5.56 Å². The van der Waals surface area contributed by atoms with Crippen LogP contribution in [-0.4, -0.2) is 32.9 Å². The van der Waals surface area contributed by atoms with E-state index in [9.17, 15) is 8.42 Å². The molecule has 0 radical (unpaired) electrons. The van der Waals surface area contributed by atoms with Crippen molar-refractivity contribution < 1.29 is 8.42 Å². The van der Waals surface area contributed by atoms with Crippen molar-refractivity contribution in [3.63, 3.8) is 0 Å². The molecule has 0 fully saturated rings. The van der Waals surface area contributed by atoms with E-state index in [1.54, 1.807) is 19.2 Å². The van der Waals surface area contributed by atoms with E-state index in [0.29, 0.717) is 11.6 Å². The molecule has 0 bridgehead atoms. The molecule has 0 atom stereocenters. The highest BCUT2D eigenvalue weighted by Gasteiger charge is 2.23. The Morgan fingerprint density at radius 2 is 2.00 bits per heavy atom. The number of hydrogen-bond donors (Lipinski definition) is 1. The van der Waals surface area contributed by atoms with Gasteiger partial charge in [0, 0.05) is 24.7 Å². The van der Waals surface area contributed by atoms with Gasteiger partial charge in [0.1, 0.15) is 0 Å². The second-order valence-electron chi connectivity index (χ2n) is 4.40. The Morgan fingerprint density at radius 3 is 2.44 bits per heavy atom. The van der Waals surface area contributed by atoms with E-state index in [2.05, 4.69) is 5.32 Å². The van der Waals surface area contributed by atoms with E-state index >= 15 is 0 Å². The van der Waals surface area contributed by atoms with Crippen LogP contribution in [0.1, 0.15) is 19.4 Å². The smallest absolute Gasteiger partial charge is 0.243 e. The Morgan fingerprint density at radius 1 is 1.39 bits per heavy atom. The van der Waals surface area contributed by atoms with Crippen LogP contribution in [0.2, 0.25) is 5.02 Å². The molecule has 0 aliphatic rings. The monoisotopic (exact) mass is 290 g/mol. The fourth-order valence-corrected chi connectivity index (χ4v) is 3.17. The average Bonchev–Trinajstić information content (AvgIpc) is 2.30. The molecule has 0 spiro atoms. The maximum atomic E-state index is 12.2. The van der Waals surface area contributed by atoms with Crippen molar-refractivity contribution in [1.82, 2.24) is 9.62 Å². The van der Waals surface area contributed by atoms with Crippen LogP contribution in [0, 0.1) is 0 Å². The molecule has 0 aliphatic carbocycles. The molecular weight excluding hydrogens is 272 g/mol. The molecule has 0 saturated carbocycles. The fraction of sp³-hybridized carbons (Fsp3) is 0.500. The van der Waals surface area contributed by atoms with Gasteiger partial charge in [0.05, 0.1) is 4.90 Å². The Balaban J connectivity index is 3.15. The molecule has 0 amide bonds. The van der Waals surface area contributed by atoms with Gasteiger partial charge >= 0.3 is 0 Å². The van der Waals surface area contributed by atoms with Gasteiger partial charge in [-0.05, 0) is 38.6 Å². The highest BCUT2D eigenvalue weighted by molar-refractivity contribution is 7.89. The lowest BCUT2D eigenvalue weighted by atomic mass is 10.2. The van der Waals surface area contributed by atoms with Crippen LogP contribution in [0.4, 0.5) is 0 Å². The van der Waals surface area contributed by atoms with Gasteiger partial charge < -0.3 is 5.32 Å². The first-order valence-electron chi connectivity index (χ1n) is 5.71. The minimum absolute atomic E-state index is 0.0919. The summed E-state index contributed by atoms with van der Waals surface area (Å²) in [5.74, 6) is 0. The molecule has 18 heavy (non-hydrogen) atoms. The molecule has 0 aromatic heterocycles. The third kappa shape index (κ3) is 3.23. The fourth-order valence-electron chi connectivity index (χ4n) is 1.47. The van der Waals surface area contributed by atoms with Crippen LogP contribution in [0.5, 0.6) is 0 Å².